The van der Waals surface area contributed by atoms with Gasteiger partial charge in [0.2, 0.25) is 11.5 Å². The Morgan fingerprint density at radius 2 is 1.64 bits per heavy atom. The van der Waals surface area contributed by atoms with Crippen LogP contribution >= 0.6 is 15.9 Å². The van der Waals surface area contributed by atoms with Crippen molar-refractivity contribution >= 4 is 15.9 Å². The van der Waals surface area contributed by atoms with Crippen LogP contribution in [0.25, 0.3) is 0 Å². The number of halogens is 1. The summed E-state index contributed by atoms with van der Waals surface area (Å²) in [4.78, 5) is 0. The molecule has 3 rings (SSSR count). The fourth-order valence-corrected chi connectivity index (χ4v) is 3.11. The van der Waals surface area contributed by atoms with Crippen LogP contribution in [0.3, 0.4) is 0 Å². The van der Waals surface area contributed by atoms with E-state index in [4.69, 9.17) is 18.9 Å². The van der Waals surface area contributed by atoms with Gasteiger partial charge in [-0.3, -0.25) is 0 Å². The molecule has 1 heterocycles. The zero-order chi connectivity index (χ0) is 15.7. The zero-order valence-corrected chi connectivity index (χ0v) is 14.3. The Balaban J connectivity index is 2.17. The van der Waals surface area contributed by atoms with Crippen molar-refractivity contribution in [3.8, 4) is 28.7 Å². The maximum absolute atomic E-state index is 6.14. The van der Waals surface area contributed by atoms with E-state index in [-0.39, 0.29) is 0 Å². The minimum Gasteiger partial charge on any atom is -0.493 e. The second-order valence-electron chi connectivity index (χ2n) is 4.99. The van der Waals surface area contributed by atoms with E-state index in [2.05, 4.69) is 22.0 Å². The van der Waals surface area contributed by atoms with Gasteiger partial charge in [-0.15, -0.1) is 0 Å². The van der Waals surface area contributed by atoms with E-state index in [0.29, 0.717) is 23.0 Å². The van der Waals surface area contributed by atoms with Crippen LogP contribution in [-0.4, -0.2) is 21.3 Å². The minimum atomic E-state index is 0.546. The first-order valence-corrected chi connectivity index (χ1v) is 7.75. The smallest absolute Gasteiger partial charge is 0.208 e. The van der Waals surface area contributed by atoms with Gasteiger partial charge in [0.25, 0.3) is 0 Å². The van der Waals surface area contributed by atoms with Gasteiger partial charge >= 0.3 is 0 Å². The number of aryl methyl sites for hydroxylation is 2. The number of hydrogen-bond donors (Lipinski definition) is 0. The average Bonchev–Trinajstić information content (AvgIpc) is 2.71. The van der Waals surface area contributed by atoms with Gasteiger partial charge in [-0.2, -0.15) is 0 Å². The summed E-state index contributed by atoms with van der Waals surface area (Å²) >= 11 is 3.50. The van der Waals surface area contributed by atoms with Gasteiger partial charge in [0, 0.05) is 10.0 Å². The lowest BCUT2D eigenvalue weighted by molar-refractivity contribution is 0.312. The molecule has 0 aliphatic carbocycles. The molecule has 0 atom stereocenters. The molecule has 0 amide bonds. The number of ether oxygens (including phenoxy) is 4. The molecule has 0 spiro atoms. The van der Waals surface area contributed by atoms with Crippen LogP contribution < -0.4 is 18.9 Å². The molecule has 0 saturated heterocycles. The van der Waals surface area contributed by atoms with Gasteiger partial charge < -0.3 is 18.9 Å². The Morgan fingerprint density at radius 1 is 0.909 bits per heavy atom. The molecule has 4 nitrogen and oxygen atoms in total. The molecule has 5 heteroatoms. The normalized spacial score (nSPS) is 12.5. The van der Waals surface area contributed by atoms with Crippen molar-refractivity contribution in [2.45, 2.75) is 12.8 Å². The maximum atomic E-state index is 6.14. The molecule has 2 aromatic rings. The molecule has 0 unspecified atom stereocenters. The van der Waals surface area contributed by atoms with Crippen molar-refractivity contribution in [2.24, 2.45) is 0 Å². The van der Waals surface area contributed by atoms with Crippen LogP contribution in [-0.2, 0) is 12.8 Å². The van der Waals surface area contributed by atoms with Gasteiger partial charge in [-0.05, 0) is 42.7 Å². The highest BCUT2D eigenvalue weighted by molar-refractivity contribution is 9.10. The number of hydrogen-bond acceptors (Lipinski definition) is 4. The van der Waals surface area contributed by atoms with E-state index in [1.54, 1.807) is 21.3 Å². The number of fused-ring (bicyclic) bond motifs is 2. The Labute approximate surface area is 138 Å². The second-order valence-corrected chi connectivity index (χ2v) is 5.90. The number of benzene rings is 2. The number of rotatable bonds is 3. The number of methoxy groups -OCH3 is 3. The summed E-state index contributed by atoms with van der Waals surface area (Å²) in [5.74, 6) is 3.29. The fraction of sp³-hybridized carbons (Fsp3) is 0.294. The molecular formula is C17H17BrO4. The van der Waals surface area contributed by atoms with Crippen molar-refractivity contribution in [1.82, 2.24) is 0 Å². The average molecular weight is 365 g/mol. The van der Waals surface area contributed by atoms with Gasteiger partial charge in [-0.1, -0.05) is 15.9 Å². The first kappa shape index (κ1) is 15.0. The molecule has 0 saturated carbocycles. The third-order valence-electron chi connectivity index (χ3n) is 3.76. The first-order chi connectivity index (χ1) is 10.7. The molecule has 1 aliphatic heterocycles. The van der Waals surface area contributed by atoms with Gasteiger partial charge in [-0.25, -0.2) is 0 Å². The third kappa shape index (κ3) is 2.50. The highest BCUT2D eigenvalue weighted by Crippen LogP contribution is 2.50. The van der Waals surface area contributed by atoms with Crippen molar-refractivity contribution in [2.75, 3.05) is 21.3 Å². The Hall–Kier alpha value is -1.88. The van der Waals surface area contributed by atoms with Crippen molar-refractivity contribution < 1.29 is 18.9 Å². The second kappa shape index (κ2) is 6.08. The Kier molecular flexibility index (Phi) is 4.16. The van der Waals surface area contributed by atoms with E-state index in [1.165, 1.54) is 0 Å². The summed E-state index contributed by atoms with van der Waals surface area (Å²) in [7, 11) is 4.82. The largest absolute Gasteiger partial charge is 0.493 e. The molecule has 1 aliphatic rings. The van der Waals surface area contributed by atoms with Crippen molar-refractivity contribution in [1.29, 1.82) is 0 Å². The van der Waals surface area contributed by atoms with Gasteiger partial charge in [0.1, 0.15) is 5.75 Å². The molecule has 0 radical (unpaired) electrons. The predicted octanol–water partition coefficient (Wildman–Crippen LogP) is 4.37. The van der Waals surface area contributed by atoms with Crippen molar-refractivity contribution in [3.05, 3.63) is 39.9 Å². The highest BCUT2D eigenvalue weighted by Gasteiger charge is 2.25. The predicted molar refractivity (Wildman–Crippen MR) is 87.7 cm³/mol. The van der Waals surface area contributed by atoms with Gasteiger partial charge in [0.05, 0.1) is 21.3 Å². The van der Waals surface area contributed by atoms with E-state index in [1.807, 2.05) is 18.2 Å². The Morgan fingerprint density at radius 3 is 2.32 bits per heavy atom. The maximum Gasteiger partial charge on any atom is 0.208 e. The van der Waals surface area contributed by atoms with Crippen molar-refractivity contribution in [3.63, 3.8) is 0 Å². The molecule has 0 aromatic heterocycles. The van der Waals surface area contributed by atoms with E-state index in [9.17, 15) is 0 Å². The SMILES string of the molecule is COc1cc2c(c(OC)c1OC)Oc1ccc(Br)cc1CC2. The zero-order valence-electron chi connectivity index (χ0n) is 12.7. The lowest BCUT2D eigenvalue weighted by atomic mass is 10.0. The summed E-state index contributed by atoms with van der Waals surface area (Å²) in [5, 5.41) is 0. The molecule has 0 bridgehead atoms. The molecule has 0 fully saturated rings. The van der Waals surface area contributed by atoms with E-state index >= 15 is 0 Å². The molecule has 116 valence electrons. The molecule has 22 heavy (non-hydrogen) atoms. The molecule has 2 aromatic carbocycles. The van der Waals surface area contributed by atoms with Crippen LogP contribution in [0.1, 0.15) is 11.1 Å². The summed E-state index contributed by atoms with van der Waals surface area (Å²) in [6.07, 6.45) is 1.73. The monoisotopic (exact) mass is 364 g/mol. The summed E-state index contributed by atoms with van der Waals surface area (Å²) in [6, 6.07) is 7.97. The molecule has 0 N–H and O–H groups in total. The third-order valence-corrected chi connectivity index (χ3v) is 4.25. The summed E-state index contributed by atoms with van der Waals surface area (Å²) < 4.78 is 23.6. The lowest BCUT2D eigenvalue weighted by Crippen LogP contribution is -2.00. The van der Waals surface area contributed by atoms with Crippen LogP contribution in [0.4, 0.5) is 0 Å². The first-order valence-electron chi connectivity index (χ1n) is 6.96. The van der Waals surface area contributed by atoms with E-state index in [0.717, 1.165) is 34.2 Å². The van der Waals surface area contributed by atoms with Crippen LogP contribution in [0, 0.1) is 0 Å². The Bertz CT molecular complexity index is 712. The van der Waals surface area contributed by atoms with Crippen LogP contribution in [0.5, 0.6) is 28.7 Å². The lowest BCUT2D eigenvalue weighted by Gasteiger charge is -2.18. The summed E-state index contributed by atoms with van der Waals surface area (Å²) in [6.45, 7) is 0. The van der Waals surface area contributed by atoms with Crippen LogP contribution in [0.15, 0.2) is 28.7 Å². The highest BCUT2D eigenvalue weighted by atomic mass is 79.9. The topological polar surface area (TPSA) is 36.9 Å². The fourth-order valence-electron chi connectivity index (χ4n) is 2.70. The standard InChI is InChI=1S/C17H17BrO4/c1-19-14-9-11-5-4-10-8-12(18)6-7-13(10)22-15(11)17(21-3)16(14)20-2/h6-9H,4-5H2,1-3H3. The summed E-state index contributed by atoms with van der Waals surface area (Å²) in [5.41, 5.74) is 2.20. The van der Waals surface area contributed by atoms with E-state index < -0.39 is 0 Å². The molecular weight excluding hydrogens is 348 g/mol. The van der Waals surface area contributed by atoms with Crippen LogP contribution in [0.2, 0.25) is 0 Å². The minimum absolute atomic E-state index is 0.546. The quantitative estimate of drug-likeness (QED) is 0.810. The van der Waals surface area contributed by atoms with Gasteiger partial charge in [0.15, 0.2) is 11.5 Å².